The third-order valence-electron chi connectivity index (χ3n) is 3.46. The Hall–Kier alpha value is -2.57. The summed E-state index contributed by atoms with van der Waals surface area (Å²) in [5.74, 6) is -1.10. The maximum Gasteiger partial charge on any atom is 0.414 e. The van der Waals surface area contributed by atoms with Gasteiger partial charge in [0.05, 0.1) is 17.8 Å². The second-order valence-electron chi connectivity index (χ2n) is 8.87. The van der Waals surface area contributed by atoms with E-state index >= 15 is 0 Å². The summed E-state index contributed by atoms with van der Waals surface area (Å²) in [5.41, 5.74) is 0.323. The van der Waals surface area contributed by atoms with Gasteiger partial charge in [-0.3, -0.25) is 15.6 Å². The Bertz CT molecular complexity index is 832. The molecular weight excluding hydrogens is 531 g/mol. The summed E-state index contributed by atoms with van der Waals surface area (Å²) in [5, 5.41) is 17.2. The van der Waals surface area contributed by atoms with Crippen molar-refractivity contribution in [2.45, 2.75) is 59.7 Å². The largest absolute Gasteiger partial charge is 0.478 e. The SMILES string of the molecule is Cc1cc(C(=O)O)cc(I)c1NCCN=C(NC(=O)OC(C)(C)C)NC(=O)OC(C)(C)C. The topological polar surface area (TPSA) is 138 Å². The van der Waals surface area contributed by atoms with Gasteiger partial charge in [0, 0.05) is 10.1 Å². The molecule has 0 bridgehead atoms. The Morgan fingerprint density at radius 3 is 1.91 bits per heavy atom. The lowest BCUT2D eigenvalue weighted by atomic mass is 10.1. The number of aryl methyl sites for hydroxylation is 1. The van der Waals surface area contributed by atoms with Crippen LogP contribution in [0.15, 0.2) is 17.1 Å². The maximum atomic E-state index is 12.1. The first kappa shape index (κ1) is 27.5. The number of alkyl carbamates (subject to hydrolysis) is 2. The molecule has 0 saturated heterocycles. The van der Waals surface area contributed by atoms with Crippen molar-refractivity contribution in [3.63, 3.8) is 0 Å². The molecule has 0 unspecified atom stereocenters. The third-order valence-corrected chi connectivity index (χ3v) is 4.31. The van der Waals surface area contributed by atoms with Crippen LogP contribution in [0, 0.1) is 10.5 Å². The third kappa shape index (κ3) is 10.6. The van der Waals surface area contributed by atoms with Crippen LogP contribution in [0.25, 0.3) is 0 Å². The average Bonchev–Trinajstić information content (AvgIpc) is 2.56. The summed E-state index contributed by atoms with van der Waals surface area (Å²) < 4.78 is 11.2. The van der Waals surface area contributed by atoms with Crippen LogP contribution in [-0.2, 0) is 9.47 Å². The van der Waals surface area contributed by atoms with Gasteiger partial charge in [0.2, 0.25) is 5.96 Å². The summed E-state index contributed by atoms with van der Waals surface area (Å²) in [6, 6.07) is 3.15. The number of nitrogens with one attached hydrogen (secondary N) is 3. The fourth-order valence-corrected chi connectivity index (χ4v) is 3.30. The van der Waals surface area contributed by atoms with E-state index in [0.717, 1.165) is 14.8 Å². The number of benzene rings is 1. The van der Waals surface area contributed by atoms with Gasteiger partial charge >= 0.3 is 18.2 Å². The maximum absolute atomic E-state index is 12.1. The number of carboxylic acid groups (broad SMARTS) is 1. The first-order valence-corrected chi connectivity index (χ1v) is 11.0. The van der Waals surface area contributed by atoms with Crippen LogP contribution in [-0.4, -0.2) is 53.5 Å². The lowest BCUT2D eigenvalue weighted by Gasteiger charge is -2.22. The van der Waals surface area contributed by atoms with E-state index in [0.29, 0.717) is 6.54 Å². The van der Waals surface area contributed by atoms with E-state index in [1.807, 2.05) is 0 Å². The van der Waals surface area contributed by atoms with Crippen LogP contribution in [0.3, 0.4) is 0 Å². The number of nitrogens with zero attached hydrogens (tertiary/aromatic N) is 1. The summed E-state index contributed by atoms with van der Waals surface area (Å²) >= 11 is 2.06. The summed E-state index contributed by atoms with van der Waals surface area (Å²) in [7, 11) is 0. The molecule has 0 aliphatic heterocycles. The van der Waals surface area contributed by atoms with Gasteiger partial charge in [-0.1, -0.05) is 0 Å². The van der Waals surface area contributed by atoms with Crippen molar-refractivity contribution in [1.29, 1.82) is 0 Å². The van der Waals surface area contributed by atoms with E-state index in [2.05, 4.69) is 43.5 Å². The number of rotatable bonds is 5. The van der Waals surface area contributed by atoms with Crippen molar-refractivity contribution in [1.82, 2.24) is 10.6 Å². The van der Waals surface area contributed by atoms with E-state index in [4.69, 9.17) is 14.6 Å². The van der Waals surface area contributed by atoms with Crippen molar-refractivity contribution in [2.24, 2.45) is 4.99 Å². The minimum atomic E-state index is -0.992. The molecule has 1 rings (SSSR count). The van der Waals surface area contributed by atoms with E-state index in [1.165, 1.54) is 0 Å². The highest BCUT2D eigenvalue weighted by Gasteiger charge is 2.21. The Labute approximate surface area is 201 Å². The van der Waals surface area contributed by atoms with Gasteiger partial charge in [-0.2, -0.15) is 0 Å². The molecule has 32 heavy (non-hydrogen) atoms. The highest BCUT2D eigenvalue weighted by molar-refractivity contribution is 14.1. The zero-order chi connectivity index (χ0) is 24.7. The Morgan fingerprint density at radius 2 is 1.50 bits per heavy atom. The van der Waals surface area contributed by atoms with Gasteiger partial charge < -0.3 is 19.9 Å². The summed E-state index contributed by atoms with van der Waals surface area (Å²) in [4.78, 5) is 39.6. The average molecular weight is 562 g/mol. The number of halogens is 1. The lowest BCUT2D eigenvalue weighted by Crippen LogP contribution is -2.47. The predicted molar refractivity (Wildman–Crippen MR) is 130 cm³/mol. The van der Waals surface area contributed by atoms with Crippen molar-refractivity contribution in [2.75, 3.05) is 18.4 Å². The first-order valence-electron chi connectivity index (χ1n) is 9.89. The number of carbonyl (C=O) groups excluding carboxylic acids is 2. The molecule has 2 amide bonds. The molecule has 10 nitrogen and oxygen atoms in total. The quantitative estimate of drug-likeness (QED) is 0.183. The number of aliphatic imine (C=N–C) groups is 1. The molecule has 0 radical (unpaired) electrons. The number of ether oxygens (including phenoxy) is 2. The minimum absolute atomic E-state index is 0.108. The highest BCUT2D eigenvalue weighted by Crippen LogP contribution is 2.24. The fourth-order valence-electron chi connectivity index (χ4n) is 2.35. The zero-order valence-corrected chi connectivity index (χ0v) is 21.5. The number of anilines is 1. The number of aromatic carboxylic acids is 1. The summed E-state index contributed by atoms with van der Waals surface area (Å²) in [6.07, 6.45) is -1.54. The van der Waals surface area contributed by atoms with Crippen molar-refractivity contribution >= 4 is 52.4 Å². The number of carbonyl (C=O) groups is 3. The molecule has 0 saturated carbocycles. The van der Waals surface area contributed by atoms with E-state index in [1.54, 1.807) is 60.6 Å². The fraction of sp³-hybridized carbons (Fsp3) is 0.524. The predicted octanol–water partition coefficient (Wildman–Crippen LogP) is 4.12. The zero-order valence-electron chi connectivity index (χ0n) is 19.4. The van der Waals surface area contributed by atoms with Gasteiger partial charge in [-0.25, -0.2) is 14.4 Å². The molecule has 4 N–H and O–H groups in total. The minimum Gasteiger partial charge on any atom is -0.478 e. The van der Waals surface area contributed by atoms with Gasteiger partial charge in [-0.15, -0.1) is 0 Å². The molecule has 0 aromatic heterocycles. The molecule has 0 spiro atoms. The number of hydrogen-bond donors (Lipinski definition) is 4. The number of guanidine groups is 1. The second kappa shape index (κ2) is 11.3. The molecule has 11 heteroatoms. The van der Waals surface area contributed by atoms with Crippen molar-refractivity contribution in [3.8, 4) is 0 Å². The molecular formula is C21H31IN4O6. The van der Waals surface area contributed by atoms with Crippen LogP contribution in [0.2, 0.25) is 0 Å². The second-order valence-corrected chi connectivity index (χ2v) is 10.0. The van der Waals surface area contributed by atoms with E-state index in [-0.39, 0.29) is 18.1 Å². The van der Waals surface area contributed by atoms with Crippen LogP contribution in [0.4, 0.5) is 15.3 Å². The standard InChI is InChI=1S/C21H31IN4O6/c1-12-10-13(16(27)28)11-14(22)15(12)23-8-9-24-17(25-18(29)31-20(2,3)4)26-19(30)32-21(5,6)7/h10-11,23H,8-9H2,1-7H3,(H,27,28)(H2,24,25,26,29,30). The van der Waals surface area contributed by atoms with Crippen LogP contribution in [0.5, 0.6) is 0 Å². The van der Waals surface area contributed by atoms with Crippen LogP contribution in [0.1, 0.15) is 57.5 Å². The summed E-state index contributed by atoms with van der Waals surface area (Å²) in [6.45, 7) is 12.7. The van der Waals surface area contributed by atoms with E-state index in [9.17, 15) is 14.4 Å². The Balaban J connectivity index is 2.86. The lowest BCUT2D eigenvalue weighted by molar-refractivity contribution is 0.0543. The molecule has 0 atom stereocenters. The highest BCUT2D eigenvalue weighted by atomic mass is 127. The molecule has 1 aromatic carbocycles. The number of amides is 2. The number of carboxylic acids is 1. The van der Waals surface area contributed by atoms with Crippen molar-refractivity contribution < 1.29 is 29.0 Å². The smallest absolute Gasteiger partial charge is 0.414 e. The molecule has 0 heterocycles. The van der Waals surface area contributed by atoms with Crippen LogP contribution >= 0.6 is 22.6 Å². The van der Waals surface area contributed by atoms with Crippen LogP contribution < -0.4 is 16.0 Å². The Morgan fingerprint density at radius 1 is 1.00 bits per heavy atom. The first-order chi connectivity index (χ1) is 14.6. The van der Waals surface area contributed by atoms with Gasteiger partial charge in [0.25, 0.3) is 0 Å². The molecule has 0 fully saturated rings. The van der Waals surface area contributed by atoms with Crippen molar-refractivity contribution in [3.05, 3.63) is 26.8 Å². The normalized spacial score (nSPS) is 11.2. The van der Waals surface area contributed by atoms with Gasteiger partial charge in [-0.05, 0) is 88.8 Å². The van der Waals surface area contributed by atoms with Gasteiger partial charge in [0.15, 0.2) is 0 Å². The molecule has 1 aromatic rings. The van der Waals surface area contributed by atoms with E-state index < -0.39 is 29.4 Å². The van der Waals surface area contributed by atoms with Gasteiger partial charge in [0.1, 0.15) is 11.2 Å². The number of hydrogen-bond acceptors (Lipinski definition) is 7. The molecule has 0 aliphatic carbocycles. The monoisotopic (exact) mass is 562 g/mol. The molecule has 178 valence electrons. The molecule has 0 aliphatic rings. The Kier molecular flexibility index (Phi) is 9.73.